The van der Waals surface area contributed by atoms with Gasteiger partial charge in [0.25, 0.3) is 0 Å². The highest BCUT2D eigenvalue weighted by atomic mass is 19.1. The minimum absolute atomic E-state index is 0.0253. The number of aromatic nitrogens is 1. The van der Waals surface area contributed by atoms with Gasteiger partial charge in [-0.1, -0.05) is 12.5 Å². The first kappa shape index (κ1) is 11.7. The topological polar surface area (TPSA) is 48.0 Å². The first-order valence-corrected chi connectivity index (χ1v) is 6.44. The lowest BCUT2D eigenvalue weighted by atomic mass is 9.94. The highest BCUT2D eigenvalue weighted by Gasteiger charge is 2.25. The van der Waals surface area contributed by atoms with Gasteiger partial charge in [-0.3, -0.25) is 0 Å². The van der Waals surface area contributed by atoms with Gasteiger partial charge in [-0.25, -0.2) is 4.39 Å². The second-order valence-corrected chi connectivity index (χ2v) is 4.91. The van der Waals surface area contributed by atoms with E-state index in [1.165, 1.54) is 6.07 Å². The Bertz CT molecular complexity index is 546. The summed E-state index contributed by atoms with van der Waals surface area (Å²) in [7, 11) is 0. The molecule has 96 valence electrons. The molecule has 18 heavy (non-hydrogen) atoms. The minimum Gasteiger partial charge on any atom is -0.387 e. The fraction of sp³-hybridized carbons (Fsp3) is 0.429. The van der Waals surface area contributed by atoms with Crippen LogP contribution in [-0.4, -0.2) is 22.7 Å². The summed E-state index contributed by atoms with van der Waals surface area (Å²) in [6, 6.07) is 4.95. The number of nitrogens with one attached hydrogen (secondary N) is 2. The minimum atomic E-state index is -0.657. The number of hydrogen-bond donors (Lipinski definition) is 3. The molecule has 0 amide bonds. The molecule has 0 spiro atoms. The van der Waals surface area contributed by atoms with E-state index in [1.54, 1.807) is 12.3 Å². The average Bonchev–Trinajstić information content (AvgIpc) is 2.84. The summed E-state index contributed by atoms with van der Waals surface area (Å²) in [5, 5.41) is 14.2. The predicted octanol–water partition coefficient (Wildman–Crippen LogP) is 2.48. The average molecular weight is 248 g/mol. The number of aromatic amines is 1. The molecule has 2 heterocycles. The van der Waals surface area contributed by atoms with Gasteiger partial charge in [0.1, 0.15) is 5.82 Å². The third-order valence-corrected chi connectivity index (χ3v) is 3.73. The van der Waals surface area contributed by atoms with Crippen LogP contribution in [0.15, 0.2) is 24.4 Å². The SMILES string of the molecule is OC(c1c[nH]c2cccc(F)c12)C1CCCCN1. The van der Waals surface area contributed by atoms with Crippen molar-refractivity contribution in [1.29, 1.82) is 0 Å². The maximum absolute atomic E-state index is 13.9. The number of aliphatic hydroxyl groups excluding tert-OH is 1. The highest BCUT2D eigenvalue weighted by molar-refractivity contribution is 5.84. The molecule has 1 aromatic carbocycles. The lowest BCUT2D eigenvalue weighted by molar-refractivity contribution is 0.115. The summed E-state index contributed by atoms with van der Waals surface area (Å²) >= 11 is 0. The van der Waals surface area contributed by atoms with Gasteiger partial charge in [0.15, 0.2) is 0 Å². The first-order valence-electron chi connectivity index (χ1n) is 6.44. The van der Waals surface area contributed by atoms with Crippen molar-refractivity contribution in [3.63, 3.8) is 0 Å². The van der Waals surface area contributed by atoms with E-state index in [9.17, 15) is 9.50 Å². The molecule has 3 nitrogen and oxygen atoms in total. The molecule has 4 heteroatoms. The summed E-state index contributed by atoms with van der Waals surface area (Å²) in [6.07, 6.45) is 4.25. The van der Waals surface area contributed by atoms with E-state index >= 15 is 0 Å². The van der Waals surface area contributed by atoms with Crippen LogP contribution >= 0.6 is 0 Å². The lowest BCUT2D eigenvalue weighted by Gasteiger charge is -2.27. The molecule has 1 saturated heterocycles. The molecule has 0 aliphatic carbocycles. The molecule has 2 atom stereocenters. The highest BCUT2D eigenvalue weighted by Crippen LogP contribution is 2.30. The largest absolute Gasteiger partial charge is 0.387 e. The van der Waals surface area contributed by atoms with Crippen LogP contribution in [0.2, 0.25) is 0 Å². The van der Waals surface area contributed by atoms with E-state index in [4.69, 9.17) is 0 Å². The summed E-state index contributed by atoms with van der Waals surface area (Å²) in [5.41, 5.74) is 1.39. The Morgan fingerprint density at radius 2 is 2.22 bits per heavy atom. The zero-order valence-electron chi connectivity index (χ0n) is 10.1. The molecule has 1 fully saturated rings. The molecular weight excluding hydrogens is 231 g/mol. The Morgan fingerprint density at radius 3 is 3.00 bits per heavy atom. The molecule has 0 radical (unpaired) electrons. The van der Waals surface area contributed by atoms with Crippen molar-refractivity contribution in [2.24, 2.45) is 0 Å². The molecule has 1 aliphatic heterocycles. The number of rotatable bonds is 2. The van der Waals surface area contributed by atoms with E-state index in [1.807, 2.05) is 6.07 Å². The number of benzene rings is 1. The second kappa shape index (κ2) is 4.71. The zero-order chi connectivity index (χ0) is 12.5. The summed E-state index contributed by atoms with van der Waals surface area (Å²) < 4.78 is 13.9. The first-order chi connectivity index (χ1) is 8.77. The molecule has 3 N–H and O–H groups in total. The normalized spacial score (nSPS) is 22.2. The van der Waals surface area contributed by atoms with Gasteiger partial charge in [0, 0.05) is 28.7 Å². The lowest BCUT2D eigenvalue weighted by Crippen LogP contribution is -2.38. The molecule has 0 saturated carbocycles. The van der Waals surface area contributed by atoms with Crippen LogP contribution in [0.5, 0.6) is 0 Å². The standard InChI is InChI=1S/C14H17FN2O/c15-10-4-3-6-11-13(10)9(8-17-11)14(18)12-5-1-2-7-16-12/h3-4,6,8,12,14,16-18H,1-2,5,7H2. The van der Waals surface area contributed by atoms with Crippen LogP contribution in [0.3, 0.4) is 0 Å². The van der Waals surface area contributed by atoms with Crippen LogP contribution in [0.4, 0.5) is 4.39 Å². The Hall–Kier alpha value is -1.39. The Balaban J connectivity index is 1.98. The summed E-state index contributed by atoms with van der Waals surface area (Å²) in [5.74, 6) is -0.279. The number of aliphatic hydroxyl groups is 1. The van der Waals surface area contributed by atoms with E-state index < -0.39 is 6.10 Å². The maximum atomic E-state index is 13.9. The number of piperidine rings is 1. The van der Waals surface area contributed by atoms with Crippen molar-refractivity contribution in [3.05, 3.63) is 35.8 Å². The van der Waals surface area contributed by atoms with Gasteiger partial charge >= 0.3 is 0 Å². The van der Waals surface area contributed by atoms with Crippen LogP contribution in [0.25, 0.3) is 10.9 Å². The molecular formula is C14H17FN2O. The molecule has 1 aromatic heterocycles. The number of hydrogen-bond acceptors (Lipinski definition) is 2. The van der Waals surface area contributed by atoms with Crippen LogP contribution in [0, 0.1) is 5.82 Å². The van der Waals surface area contributed by atoms with Crippen molar-refractivity contribution in [3.8, 4) is 0 Å². The van der Waals surface area contributed by atoms with Crippen LogP contribution < -0.4 is 5.32 Å². The van der Waals surface area contributed by atoms with Gasteiger partial charge in [0.2, 0.25) is 0 Å². The third kappa shape index (κ3) is 1.91. The fourth-order valence-electron chi connectivity index (χ4n) is 2.76. The van der Waals surface area contributed by atoms with Gasteiger partial charge in [-0.15, -0.1) is 0 Å². The zero-order valence-corrected chi connectivity index (χ0v) is 10.1. The quantitative estimate of drug-likeness (QED) is 0.764. The van der Waals surface area contributed by atoms with Crippen LogP contribution in [0.1, 0.15) is 30.9 Å². The Labute approximate surface area is 105 Å². The summed E-state index contributed by atoms with van der Waals surface area (Å²) in [6.45, 7) is 0.923. The monoisotopic (exact) mass is 248 g/mol. The number of fused-ring (bicyclic) bond motifs is 1. The van der Waals surface area contributed by atoms with Crippen molar-refractivity contribution in [1.82, 2.24) is 10.3 Å². The van der Waals surface area contributed by atoms with Gasteiger partial charge in [-0.05, 0) is 31.5 Å². The maximum Gasteiger partial charge on any atom is 0.132 e. The van der Waals surface area contributed by atoms with Gasteiger partial charge in [-0.2, -0.15) is 0 Å². The van der Waals surface area contributed by atoms with E-state index in [0.717, 1.165) is 31.3 Å². The molecule has 2 unspecified atom stereocenters. The van der Waals surface area contributed by atoms with Crippen molar-refractivity contribution >= 4 is 10.9 Å². The van der Waals surface area contributed by atoms with E-state index in [0.29, 0.717) is 10.9 Å². The van der Waals surface area contributed by atoms with Crippen molar-refractivity contribution in [2.75, 3.05) is 6.54 Å². The molecule has 0 bridgehead atoms. The second-order valence-electron chi connectivity index (χ2n) is 4.91. The smallest absolute Gasteiger partial charge is 0.132 e. The van der Waals surface area contributed by atoms with E-state index in [-0.39, 0.29) is 11.9 Å². The fourth-order valence-corrected chi connectivity index (χ4v) is 2.76. The van der Waals surface area contributed by atoms with Crippen molar-refractivity contribution in [2.45, 2.75) is 31.4 Å². The molecule has 2 aromatic rings. The summed E-state index contributed by atoms with van der Waals surface area (Å²) in [4.78, 5) is 3.02. The van der Waals surface area contributed by atoms with Gasteiger partial charge in [0.05, 0.1) is 6.10 Å². The van der Waals surface area contributed by atoms with Crippen LogP contribution in [-0.2, 0) is 0 Å². The van der Waals surface area contributed by atoms with Gasteiger partial charge < -0.3 is 15.4 Å². The Morgan fingerprint density at radius 1 is 1.33 bits per heavy atom. The molecule has 1 aliphatic rings. The number of halogens is 1. The van der Waals surface area contributed by atoms with Crippen molar-refractivity contribution < 1.29 is 9.50 Å². The number of H-pyrrole nitrogens is 1. The molecule has 3 rings (SSSR count). The van der Waals surface area contributed by atoms with E-state index in [2.05, 4.69) is 10.3 Å². The third-order valence-electron chi connectivity index (χ3n) is 3.73. The Kier molecular flexibility index (Phi) is 3.06. The predicted molar refractivity (Wildman–Crippen MR) is 68.9 cm³/mol.